The van der Waals surface area contributed by atoms with Gasteiger partial charge in [0.05, 0.1) is 24.6 Å². The summed E-state index contributed by atoms with van der Waals surface area (Å²) in [5.41, 5.74) is 0.776. The van der Waals surface area contributed by atoms with Gasteiger partial charge in [-0.25, -0.2) is 4.98 Å². The Hall–Kier alpha value is -3.68. The summed E-state index contributed by atoms with van der Waals surface area (Å²) in [6, 6.07) is 11.7. The lowest BCUT2D eigenvalue weighted by atomic mass is 10.2. The van der Waals surface area contributed by atoms with E-state index < -0.39 is 0 Å². The first-order valence-corrected chi connectivity index (χ1v) is 9.07. The topological polar surface area (TPSA) is 102 Å². The van der Waals surface area contributed by atoms with Crippen molar-refractivity contribution < 1.29 is 19.1 Å². The number of carbonyl (C=O) groups is 2. The smallest absolute Gasteiger partial charge is 0.260 e. The maximum Gasteiger partial charge on any atom is 0.260 e. The van der Waals surface area contributed by atoms with E-state index in [0.717, 1.165) is 0 Å². The Morgan fingerprint density at radius 1 is 1.21 bits per heavy atom. The van der Waals surface area contributed by atoms with Crippen LogP contribution in [0, 0.1) is 0 Å². The predicted octanol–water partition coefficient (Wildman–Crippen LogP) is 2.17. The lowest BCUT2D eigenvalue weighted by Gasteiger charge is -2.21. The lowest BCUT2D eigenvalue weighted by molar-refractivity contribution is -0.133. The second-order valence-electron chi connectivity index (χ2n) is 6.25. The van der Waals surface area contributed by atoms with E-state index in [1.807, 2.05) is 6.92 Å². The van der Waals surface area contributed by atoms with E-state index in [0.29, 0.717) is 46.6 Å². The Balaban J connectivity index is 1.71. The van der Waals surface area contributed by atoms with E-state index in [9.17, 15) is 14.4 Å². The Morgan fingerprint density at radius 2 is 2.00 bits per heavy atom. The number of methoxy groups -OCH3 is 1. The molecular weight excluding hydrogens is 374 g/mol. The third-order valence-electron chi connectivity index (χ3n) is 4.41. The van der Waals surface area contributed by atoms with Crippen LogP contribution in [0.2, 0.25) is 0 Å². The van der Waals surface area contributed by atoms with E-state index in [1.54, 1.807) is 36.4 Å². The van der Waals surface area contributed by atoms with E-state index in [-0.39, 0.29) is 24.6 Å². The molecule has 0 radical (unpaired) electrons. The summed E-state index contributed by atoms with van der Waals surface area (Å²) in [4.78, 5) is 44.4. The Bertz CT molecular complexity index is 1090. The maximum atomic E-state index is 12.6. The van der Waals surface area contributed by atoms with E-state index in [1.165, 1.54) is 18.1 Å². The number of benzene rings is 2. The van der Waals surface area contributed by atoms with Crippen LogP contribution in [0.3, 0.4) is 0 Å². The van der Waals surface area contributed by atoms with Crippen LogP contribution in [0.4, 0.5) is 0 Å². The minimum absolute atomic E-state index is 0.153. The van der Waals surface area contributed by atoms with E-state index in [2.05, 4.69) is 9.97 Å². The number of hydrogen-bond donors (Lipinski definition) is 1. The third-order valence-corrected chi connectivity index (χ3v) is 4.41. The van der Waals surface area contributed by atoms with Gasteiger partial charge >= 0.3 is 0 Å². The number of H-pyrrole nitrogens is 1. The number of ether oxygens (including phenoxy) is 2. The molecule has 0 fully saturated rings. The summed E-state index contributed by atoms with van der Waals surface area (Å²) in [7, 11) is 1.46. The first-order valence-electron chi connectivity index (χ1n) is 9.07. The van der Waals surface area contributed by atoms with Crippen molar-refractivity contribution in [2.24, 2.45) is 0 Å². The fraction of sp³-hybridized carbons (Fsp3) is 0.238. The molecule has 0 saturated heterocycles. The number of amides is 1. The summed E-state index contributed by atoms with van der Waals surface area (Å²) >= 11 is 0. The molecule has 0 aliphatic carbocycles. The second kappa shape index (κ2) is 9.01. The highest BCUT2D eigenvalue weighted by atomic mass is 16.5. The molecule has 1 aromatic heterocycles. The van der Waals surface area contributed by atoms with Crippen LogP contribution in [0.5, 0.6) is 11.5 Å². The summed E-state index contributed by atoms with van der Waals surface area (Å²) in [6.07, 6.45) is 0.702. The summed E-state index contributed by atoms with van der Waals surface area (Å²) in [6.45, 7) is 2.18. The molecule has 0 saturated carbocycles. The van der Waals surface area contributed by atoms with E-state index in [4.69, 9.17) is 9.47 Å². The van der Waals surface area contributed by atoms with Crippen LogP contribution in [-0.4, -0.2) is 47.3 Å². The molecule has 8 heteroatoms. The van der Waals surface area contributed by atoms with Crippen LogP contribution in [-0.2, 0) is 11.3 Å². The van der Waals surface area contributed by atoms with Crippen LogP contribution in [0.15, 0.2) is 47.3 Å². The van der Waals surface area contributed by atoms with Crippen molar-refractivity contribution in [2.45, 2.75) is 13.5 Å². The van der Waals surface area contributed by atoms with Crippen molar-refractivity contribution in [3.63, 3.8) is 0 Å². The zero-order valence-electron chi connectivity index (χ0n) is 16.2. The molecule has 1 N–H and O–H groups in total. The number of carbonyl (C=O) groups excluding carboxylic acids is 2. The number of rotatable bonds is 8. The highest BCUT2D eigenvalue weighted by molar-refractivity contribution is 5.79. The fourth-order valence-electron chi connectivity index (χ4n) is 2.87. The van der Waals surface area contributed by atoms with E-state index >= 15 is 0 Å². The number of fused-ring (bicyclic) bond motifs is 1. The molecule has 0 atom stereocenters. The van der Waals surface area contributed by atoms with Gasteiger partial charge in [0.2, 0.25) is 0 Å². The molecule has 1 amide bonds. The van der Waals surface area contributed by atoms with Crippen LogP contribution < -0.4 is 15.0 Å². The minimum Gasteiger partial charge on any atom is -0.493 e. The zero-order valence-corrected chi connectivity index (χ0v) is 16.2. The molecule has 0 spiro atoms. The van der Waals surface area contributed by atoms with Gasteiger partial charge in [0, 0.05) is 12.1 Å². The quantitative estimate of drug-likeness (QED) is 0.587. The van der Waals surface area contributed by atoms with Crippen molar-refractivity contribution in [3.05, 3.63) is 64.2 Å². The number of aldehydes is 1. The number of nitrogens with zero attached hydrogens (tertiary/aromatic N) is 2. The Morgan fingerprint density at radius 3 is 2.72 bits per heavy atom. The molecule has 0 bridgehead atoms. The largest absolute Gasteiger partial charge is 0.493 e. The van der Waals surface area contributed by atoms with Gasteiger partial charge in [-0.05, 0) is 37.3 Å². The summed E-state index contributed by atoms with van der Waals surface area (Å²) < 4.78 is 10.8. The van der Waals surface area contributed by atoms with Crippen molar-refractivity contribution in [1.82, 2.24) is 14.9 Å². The monoisotopic (exact) mass is 395 g/mol. The van der Waals surface area contributed by atoms with Gasteiger partial charge in [-0.3, -0.25) is 14.4 Å². The normalized spacial score (nSPS) is 10.6. The zero-order chi connectivity index (χ0) is 20.8. The minimum atomic E-state index is -0.273. The van der Waals surface area contributed by atoms with Crippen molar-refractivity contribution >= 4 is 23.1 Å². The summed E-state index contributed by atoms with van der Waals surface area (Å²) in [5.74, 6) is 0.854. The van der Waals surface area contributed by atoms with Crippen molar-refractivity contribution in [1.29, 1.82) is 0 Å². The number of aromatic nitrogens is 2. The van der Waals surface area contributed by atoms with Crippen LogP contribution in [0.25, 0.3) is 10.9 Å². The number of aromatic amines is 1. The van der Waals surface area contributed by atoms with Gasteiger partial charge in [-0.2, -0.15) is 0 Å². The molecule has 0 aliphatic rings. The van der Waals surface area contributed by atoms with Gasteiger partial charge in [0.1, 0.15) is 12.1 Å². The lowest BCUT2D eigenvalue weighted by Crippen LogP contribution is -2.35. The molecule has 3 aromatic rings. The molecule has 150 valence electrons. The maximum absolute atomic E-state index is 12.6. The third kappa shape index (κ3) is 4.60. The molecule has 1 heterocycles. The van der Waals surface area contributed by atoms with Gasteiger partial charge in [-0.1, -0.05) is 12.1 Å². The van der Waals surface area contributed by atoms with Crippen molar-refractivity contribution in [2.75, 3.05) is 20.3 Å². The number of para-hydroxylation sites is 1. The van der Waals surface area contributed by atoms with Gasteiger partial charge < -0.3 is 19.4 Å². The molecule has 8 nitrogen and oxygen atoms in total. The molecule has 0 aliphatic heterocycles. The first-order chi connectivity index (χ1) is 14.0. The highest BCUT2D eigenvalue weighted by Gasteiger charge is 2.16. The first kappa shape index (κ1) is 20.1. The molecule has 3 rings (SSSR count). The Labute approximate surface area is 167 Å². The molecule has 29 heavy (non-hydrogen) atoms. The summed E-state index contributed by atoms with van der Waals surface area (Å²) in [5, 5.41) is 0.500. The average molecular weight is 395 g/mol. The molecule has 0 unspecified atom stereocenters. The number of nitrogens with one attached hydrogen (secondary N) is 1. The SMILES string of the molecule is CCN(Cc1nc2ccccc2c(=O)[nH]1)C(=O)COc1ccc(C=O)cc1OC. The average Bonchev–Trinajstić information content (AvgIpc) is 2.75. The van der Waals surface area contributed by atoms with Gasteiger partial charge in [0.15, 0.2) is 18.1 Å². The van der Waals surface area contributed by atoms with Crippen LogP contribution in [0.1, 0.15) is 23.1 Å². The van der Waals surface area contributed by atoms with Crippen molar-refractivity contribution in [3.8, 4) is 11.5 Å². The number of likely N-dealkylation sites (N-methyl/N-ethyl adjacent to an activating group) is 1. The van der Waals surface area contributed by atoms with Gasteiger partial charge in [-0.15, -0.1) is 0 Å². The fourth-order valence-corrected chi connectivity index (χ4v) is 2.87. The number of hydrogen-bond acceptors (Lipinski definition) is 6. The predicted molar refractivity (Wildman–Crippen MR) is 107 cm³/mol. The second-order valence-corrected chi connectivity index (χ2v) is 6.25. The highest BCUT2D eigenvalue weighted by Crippen LogP contribution is 2.27. The Kier molecular flexibility index (Phi) is 6.23. The van der Waals surface area contributed by atoms with Crippen LogP contribution >= 0.6 is 0 Å². The molecular formula is C21H21N3O5. The molecule has 2 aromatic carbocycles. The van der Waals surface area contributed by atoms with Gasteiger partial charge in [0.25, 0.3) is 11.5 Å². The standard InChI is InChI=1S/C21H21N3O5/c1-3-24(11-19-22-16-7-5-4-6-15(16)21(27)23-19)20(26)13-29-17-9-8-14(12-25)10-18(17)28-2/h4-10,12H,3,11,13H2,1-2H3,(H,22,23,27).